The van der Waals surface area contributed by atoms with E-state index < -0.39 is 0 Å². The molecule has 1 aliphatic heterocycles. The van der Waals surface area contributed by atoms with Crippen molar-refractivity contribution >= 4 is 0 Å². The molecule has 0 saturated carbocycles. The Kier molecular flexibility index (Phi) is 3.57. The topological polar surface area (TPSA) is 49.9 Å². The lowest BCUT2D eigenvalue weighted by Crippen LogP contribution is -2.39. The Morgan fingerprint density at radius 2 is 2.16 bits per heavy atom. The average molecular weight is 261 g/mol. The molecule has 0 radical (unpaired) electrons. The molecule has 1 aromatic heterocycles. The van der Waals surface area contributed by atoms with Gasteiger partial charge in [0.05, 0.1) is 24.6 Å². The second kappa shape index (κ2) is 5.50. The van der Waals surface area contributed by atoms with E-state index in [0.717, 1.165) is 43.2 Å². The lowest BCUT2D eigenvalue weighted by atomic mass is 10.2. The summed E-state index contributed by atoms with van der Waals surface area (Å²) in [6.45, 7) is 2.51. The number of rotatable bonds is 3. The molecule has 19 heavy (non-hydrogen) atoms. The third-order valence-electron chi connectivity index (χ3n) is 3.21. The van der Waals surface area contributed by atoms with Crippen LogP contribution < -0.4 is 5.32 Å². The van der Waals surface area contributed by atoms with E-state index in [1.165, 1.54) is 12.1 Å². The van der Waals surface area contributed by atoms with E-state index in [1.54, 1.807) is 18.3 Å². The standard InChI is InChI=1S/C14H16FN3O/c15-11-3-1-10(2-4-11)13-9-17-14(18-13)7-12-8-16-5-6-19-12/h1-4,9,12,16H,5-8H2,(H,17,18). The van der Waals surface area contributed by atoms with Crippen molar-refractivity contribution in [1.29, 1.82) is 0 Å². The monoisotopic (exact) mass is 261 g/mol. The van der Waals surface area contributed by atoms with Crippen LogP contribution in [0, 0.1) is 5.82 Å². The van der Waals surface area contributed by atoms with Gasteiger partial charge in [-0.3, -0.25) is 0 Å². The van der Waals surface area contributed by atoms with Crippen molar-refractivity contribution in [2.75, 3.05) is 19.7 Å². The third-order valence-corrected chi connectivity index (χ3v) is 3.21. The number of aromatic nitrogens is 2. The lowest BCUT2D eigenvalue weighted by molar-refractivity contribution is 0.0281. The van der Waals surface area contributed by atoms with E-state index >= 15 is 0 Å². The molecule has 0 spiro atoms. The number of hydrogen-bond donors (Lipinski definition) is 2. The second-order valence-corrected chi connectivity index (χ2v) is 4.65. The summed E-state index contributed by atoms with van der Waals surface area (Å²) >= 11 is 0. The summed E-state index contributed by atoms with van der Waals surface area (Å²) in [5.74, 6) is 0.665. The molecule has 4 nitrogen and oxygen atoms in total. The summed E-state index contributed by atoms with van der Waals surface area (Å²) in [4.78, 5) is 7.61. The maximum Gasteiger partial charge on any atom is 0.123 e. The maximum absolute atomic E-state index is 12.9. The van der Waals surface area contributed by atoms with Crippen LogP contribution in [0.2, 0.25) is 0 Å². The minimum Gasteiger partial charge on any atom is -0.375 e. The fourth-order valence-corrected chi connectivity index (χ4v) is 2.21. The zero-order valence-corrected chi connectivity index (χ0v) is 10.5. The van der Waals surface area contributed by atoms with Gasteiger partial charge in [-0.25, -0.2) is 9.37 Å². The van der Waals surface area contributed by atoms with Crippen molar-refractivity contribution in [3.8, 4) is 11.3 Å². The van der Waals surface area contributed by atoms with E-state index in [0.29, 0.717) is 0 Å². The van der Waals surface area contributed by atoms with Gasteiger partial charge in [-0.15, -0.1) is 0 Å². The van der Waals surface area contributed by atoms with Crippen molar-refractivity contribution < 1.29 is 9.13 Å². The highest BCUT2D eigenvalue weighted by Gasteiger charge is 2.15. The fraction of sp³-hybridized carbons (Fsp3) is 0.357. The zero-order chi connectivity index (χ0) is 13.1. The summed E-state index contributed by atoms with van der Waals surface area (Å²) in [6, 6.07) is 6.38. The molecule has 0 bridgehead atoms. The van der Waals surface area contributed by atoms with Crippen molar-refractivity contribution in [3.05, 3.63) is 42.1 Å². The van der Waals surface area contributed by atoms with E-state index in [1.807, 2.05) is 0 Å². The molecule has 1 aromatic carbocycles. The summed E-state index contributed by atoms with van der Waals surface area (Å²) in [6.07, 6.45) is 2.70. The molecule has 0 amide bonds. The number of hydrogen-bond acceptors (Lipinski definition) is 3. The number of aromatic amines is 1. The molecular weight excluding hydrogens is 245 g/mol. The highest BCUT2D eigenvalue weighted by Crippen LogP contribution is 2.18. The van der Waals surface area contributed by atoms with E-state index in [9.17, 15) is 4.39 Å². The van der Waals surface area contributed by atoms with Crippen molar-refractivity contribution in [3.63, 3.8) is 0 Å². The number of nitrogens with one attached hydrogen (secondary N) is 2. The molecule has 1 fully saturated rings. The SMILES string of the molecule is Fc1ccc(-c2cnc(CC3CNCCO3)[nH]2)cc1. The van der Waals surface area contributed by atoms with Crippen molar-refractivity contribution in [1.82, 2.24) is 15.3 Å². The van der Waals surface area contributed by atoms with Gasteiger partial charge < -0.3 is 15.0 Å². The third kappa shape index (κ3) is 3.00. The first-order valence-corrected chi connectivity index (χ1v) is 6.43. The minimum atomic E-state index is -0.231. The quantitative estimate of drug-likeness (QED) is 0.885. The first-order chi connectivity index (χ1) is 9.31. The number of morpholine rings is 1. The molecular formula is C14H16FN3O. The molecule has 100 valence electrons. The van der Waals surface area contributed by atoms with Gasteiger partial charge in [0.15, 0.2) is 0 Å². The Hall–Kier alpha value is -1.72. The highest BCUT2D eigenvalue weighted by molar-refractivity contribution is 5.58. The number of imidazole rings is 1. The molecule has 0 aliphatic carbocycles. The normalized spacial score (nSPS) is 19.5. The van der Waals surface area contributed by atoms with Gasteiger partial charge in [0.25, 0.3) is 0 Å². The van der Waals surface area contributed by atoms with Gasteiger partial charge >= 0.3 is 0 Å². The summed E-state index contributed by atoms with van der Waals surface area (Å²) in [5, 5.41) is 3.29. The van der Waals surface area contributed by atoms with Crippen LogP contribution in [0.5, 0.6) is 0 Å². The Labute approximate surface area is 111 Å². The summed E-state index contributed by atoms with van der Waals surface area (Å²) in [5.41, 5.74) is 1.83. The van der Waals surface area contributed by atoms with Gasteiger partial charge in [-0.1, -0.05) is 0 Å². The van der Waals surface area contributed by atoms with Gasteiger partial charge in [-0.05, 0) is 29.8 Å². The Morgan fingerprint density at radius 1 is 1.32 bits per heavy atom. The Bertz CT molecular complexity index is 532. The molecule has 3 rings (SSSR count). The van der Waals surface area contributed by atoms with Gasteiger partial charge in [-0.2, -0.15) is 0 Å². The molecule has 1 atom stereocenters. The first kappa shape index (κ1) is 12.3. The fourth-order valence-electron chi connectivity index (χ4n) is 2.21. The predicted molar refractivity (Wildman–Crippen MR) is 70.3 cm³/mol. The van der Waals surface area contributed by atoms with Gasteiger partial charge in [0.2, 0.25) is 0 Å². The van der Waals surface area contributed by atoms with Crippen LogP contribution in [-0.4, -0.2) is 35.8 Å². The minimum absolute atomic E-state index is 0.168. The van der Waals surface area contributed by atoms with Crippen molar-refractivity contribution in [2.45, 2.75) is 12.5 Å². The van der Waals surface area contributed by atoms with Crippen LogP contribution >= 0.6 is 0 Å². The van der Waals surface area contributed by atoms with Crippen LogP contribution in [-0.2, 0) is 11.2 Å². The molecule has 2 N–H and O–H groups in total. The number of nitrogens with zero attached hydrogens (tertiary/aromatic N) is 1. The van der Waals surface area contributed by atoms with Crippen LogP contribution in [0.25, 0.3) is 11.3 Å². The van der Waals surface area contributed by atoms with E-state index in [4.69, 9.17) is 4.74 Å². The molecule has 2 heterocycles. The predicted octanol–water partition coefficient (Wildman–Crippen LogP) is 1.75. The Balaban J connectivity index is 1.70. The van der Waals surface area contributed by atoms with Gasteiger partial charge in [0, 0.05) is 19.5 Å². The van der Waals surface area contributed by atoms with Crippen LogP contribution in [0.4, 0.5) is 4.39 Å². The molecule has 1 aliphatic rings. The average Bonchev–Trinajstić information content (AvgIpc) is 2.89. The number of benzene rings is 1. The van der Waals surface area contributed by atoms with E-state index in [-0.39, 0.29) is 11.9 Å². The zero-order valence-electron chi connectivity index (χ0n) is 10.5. The largest absolute Gasteiger partial charge is 0.375 e. The molecule has 1 saturated heterocycles. The maximum atomic E-state index is 12.9. The van der Waals surface area contributed by atoms with Crippen LogP contribution in [0.3, 0.4) is 0 Å². The smallest absolute Gasteiger partial charge is 0.123 e. The molecule has 2 aromatic rings. The Morgan fingerprint density at radius 3 is 2.89 bits per heavy atom. The van der Waals surface area contributed by atoms with Crippen molar-refractivity contribution in [2.24, 2.45) is 0 Å². The number of H-pyrrole nitrogens is 1. The number of ether oxygens (including phenoxy) is 1. The van der Waals surface area contributed by atoms with Crippen LogP contribution in [0.1, 0.15) is 5.82 Å². The van der Waals surface area contributed by atoms with Crippen LogP contribution in [0.15, 0.2) is 30.5 Å². The highest BCUT2D eigenvalue weighted by atomic mass is 19.1. The summed E-state index contributed by atoms with van der Waals surface area (Å²) < 4.78 is 18.5. The first-order valence-electron chi connectivity index (χ1n) is 6.43. The molecule has 1 unspecified atom stereocenters. The second-order valence-electron chi connectivity index (χ2n) is 4.65. The summed E-state index contributed by atoms with van der Waals surface area (Å²) in [7, 11) is 0. The number of halogens is 1. The molecule has 5 heteroatoms. The lowest BCUT2D eigenvalue weighted by Gasteiger charge is -2.22. The van der Waals surface area contributed by atoms with Gasteiger partial charge in [0.1, 0.15) is 11.6 Å². The van der Waals surface area contributed by atoms with E-state index in [2.05, 4.69) is 15.3 Å².